The summed E-state index contributed by atoms with van der Waals surface area (Å²) in [6, 6.07) is 8.12. The minimum Gasteiger partial charge on any atom is -0.0843 e. The van der Waals surface area contributed by atoms with Crippen LogP contribution in [0.15, 0.2) is 29.8 Å². The van der Waals surface area contributed by atoms with Crippen LogP contribution in [-0.4, -0.2) is 0 Å². The molecule has 1 aliphatic carbocycles. The molecule has 0 saturated heterocycles. The molecule has 1 saturated carbocycles. The molecular formula is C15H19Cl. The third kappa shape index (κ3) is 3.12. The molecule has 86 valence electrons. The van der Waals surface area contributed by atoms with Gasteiger partial charge in [-0.2, -0.15) is 0 Å². The van der Waals surface area contributed by atoms with Crippen LogP contribution in [0, 0.1) is 5.92 Å². The Bertz CT molecular complexity index is 352. The first kappa shape index (κ1) is 11.7. The number of benzene rings is 1. The predicted octanol–water partition coefficient (Wildman–Crippen LogP) is 5.32. The lowest BCUT2D eigenvalue weighted by Gasteiger charge is -2.22. The van der Waals surface area contributed by atoms with Crippen LogP contribution in [0.25, 0.3) is 6.08 Å². The molecule has 0 unspecified atom stereocenters. The summed E-state index contributed by atoms with van der Waals surface area (Å²) in [5.74, 6) is 0.961. The van der Waals surface area contributed by atoms with Crippen molar-refractivity contribution in [2.45, 2.75) is 39.0 Å². The van der Waals surface area contributed by atoms with Gasteiger partial charge in [0.25, 0.3) is 0 Å². The lowest BCUT2D eigenvalue weighted by molar-refractivity contribution is 0.399. The molecule has 0 atom stereocenters. The molecule has 2 rings (SSSR count). The smallest absolute Gasteiger partial charge is 0.0406 e. The van der Waals surface area contributed by atoms with Crippen LogP contribution < -0.4 is 0 Å². The molecule has 0 bridgehead atoms. The molecule has 0 aliphatic heterocycles. The zero-order valence-electron chi connectivity index (χ0n) is 9.88. The van der Waals surface area contributed by atoms with E-state index in [1.165, 1.54) is 37.7 Å². The van der Waals surface area contributed by atoms with E-state index in [2.05, 4.69) is 25.1 Å². The predicted molar refractivity (Wildman–Crippen MR) is 71.7 cm³/mol. The van der Waals surface area contributed by atoms with Gasteiger partial charge < -0.3 is 0 Å². The minimum absolute atomic E-state index is 0.817. The van der Waals surface area contributed by atoms with Crippen LogP contribution >= 0.6 is 11.6 Å². The number of allylic oxidation sites excluding steroid dienone is 1. The van der Waals surface area contributed by atoms with Crippen molar-refractivity contribution in [2.24, 2.45) is 5.92 Å². The Morgan fingerprint density at radius 1 is 1.19 bits per heavy atom. The van der Waals surface area contributed by atoms with Gasteiger partial charge in [-0.3, -0.25) is 0 Å². The van der Waals surface area contributed by atoms with Gasteiger partial charge in [0.05, 0.1) is 0 Å². The van der Waals surface area contributed by atoms with Gasteiger partial charge in [0.1, 0.15) is 0 Å². The molecule has 16 heavy (non-hydrogen) atoms. The van der Waals surface area contributed by atoms with Gasteiger partial charge in [-0.1, -0.05) is 48.7 Å². The molecule has 0 aromatic heterocycles. The van der Waals surface area contributed by atoms with Crippen LogP contribution in [0.4, 0.5) is 0 Å². The van der Waals surface area contributed by atoms with Gasteiger partial charge in [-0.15, -0.1) is 0 Å². The second-order valence-corrected chi connectivity index (χ2v) is 5.14. The van der Waals surface area contributed by atoms with E-state index in [1.807, 2.05) is 12.1 Å². The number of hydrogen-bond acceptors (Lipinski definition) is 0. The highest BCUT2D eigenvalue weighted by molar-refractivity contribution is 6.30. The molecule has 0 heterocycles. The molecular weight excluding hydrogens is 216 g/mol. The maximum Gasteiger partial charge on any atom is 0.0406 e. The summed E-state index contributed by atoms with van der Waals surface area (Å²) >= 11 is 5.87. The molecule has 1 heteroatoms. The largest absolute Gasteiger partial charge is 0.0843 e. The standard InChI is InChI=1S/C15H19Cl/c1-2-12-3-5-13(6-4-12)11-14-7-9-15(16)10-8-14/h7-12H,2-6H2,1H3. The molecule has 1 aliphatic rings. The summed E-state index contributed by atoms with van der Waals surface area (Å²) in [7, 11) is 0. The highest BCUT2D eigenvalue weighted by atomic mass is 35.5. The van der Waals surface area contributed by atoms with Crippen LogP contribution in [0.1, 0.15) is 44.6 Å². The molecule has 0 spiro atoms. The molecule has 1 fully saturated rings. The fourth-order valence-electron chi connectivity index (χ4n) is 2.40. The first-order chi connectivity index (χ1) is 7.78. The van der Waals surface area contributed by atoms with Crippen LogP contribution in [0.2, 0.25) is 5.02 Å². The first-order valence-corrected chi connectivity index (χ1v) is 6.60. The summed E-state index contributed by atoms with van der Waals surface area (Å²) in [5, 5.41) is 0.817. The average Bonchev–Trinajstić information content (AvgIpc) is 2.33. The number of hydrogen-bond donors (Lipinski definition) is 0. The third-order valence-electron chi connectivity index (χ3n) is 3.57. The Hall–Kier alpha value is -0.750. The molecule has 0 amide bonds. The van der Waals surface area contributed by atoms with Gasteiger partial charge >= 0.3 is 0 Å². The van der Waals surface area contributed by atoms with E-state index in [0.29, 0.717) is 0 Å². The van der Waals surface area contributed by atoms with Gasteiger partial charge in [0.15, 0.2) is 0 Å². The molecule has 1 aromatic rings. The monoisotopic (exact) mass is 234 g/mol. The van der Waals surface area contributed by atoms with Gasteiger partial charge in [-0.05, 0) is 49.3 Å². The number of rotatable bonds is 2. The zero-order chi connectivity index (χ0) is 11.4. The average molecular weight is 235 g/mol. The summed E-state index contributed by atoms with van der Waals surface area (Å²) in [6.07, 6.45) is 8.98. The van der Waals surface area contributed by atoms with Crippen molar-refractivity contribution in [1.29, 1.82) is 0 Å². The fraction of sp³-hybridized carbons (Fsp3) is 0.467. The highest BCUT2D eigenvalue weighted by Gasteiger charge is 2.14. The van der Waals surface area contributed by atoms with Crippen molar-refractivity contribution in [3.05, 3.63) is 40.4 Å². The van der Waals surface area contributed by atoms with E-state index in [9.17, 15) is 0 Å². The van der Waals surface area contributed by atoms with Crippen molar-refractivity contribution in [2.75, 3.05) is 0 Å². The van der Waals surface area contributed by atoms with Crippen molar-refractivity contribution in [3.63, 3.8) is 0 Å². The summed E-state index contributed by atoms with van der Waals surface area (Å²) in [6.45, 7) is 2.30. The maximum atomic E-state index is 5.87. The van der Waals surface area contributed by atoms with Crippen LogP contribution in [-0.2, 0) is 0 Å². The van der Waals surface area contributed by atoms with Gasteiger partial charge in [-0.25, -0.2) is 0 Å². The van der Waals surface area contributed by atoms with Crippen LogP contribution in [0.5, 0.6) is 0 Å². The van der Waals surface area contributed by atoms with Crippen molar-refractivity contribution in [3.8, 4) is 0 Å². The Morgan fingerprint density at radius 2 is 1.81 bits per heavy atom. The number of halogens is 1. The molecule has 0 N–H and O–H groups in total. The van der Waals surface area contributed by atoms with E-state index in [-0.39, 0.29) is 0 Å². The van der Waals surface area contributed by atoms with Crippen molar-refractivity contribution < 1.29 is 0 Å². The van der Waals surface area contributed by atoms with E-state index < -0.39 is 0 Å². The van der Waals surface area contributed by atoms with Crippen LogP contribution in [0.3, 0.4) is 0 Å². The van der Waals surface area contributed by atoms with Gasteiger partial charge in [0.2, 0.25) is 0 Å². The maximum absolute atomic E-state index is 5.87. The first-order valence-electron chi connectivity index (χ1n) is 6.23. The Balaban J connectivity index is 2.00. The summed E-state index contributed by atoms with van der Waals surface area (Å²) in [5.41, 5.74) is 2.89. The van der Waals surface area contributed by atoms with E-state index in [4.69, 9.17) is 11.6 Å². The highest BCUT2D eigenvalue weighted by Crippen LogP contribution is 2.31. The van der Waals surface area contributed by atoms with Crippen molar-refractivity contribution in [1.82, 2.24) is 0 Å². The van der Waals surface area contributed by atoms with E-state index in [1.54, 1.807) is 5.57 Å². The quantitative estimate of drug-likeness (QED) is 0.649. The zero-order valence-corrected chi connectivity index (χ0v) is 10.6. The Labute approximate surface area is 103 Å². The molecule has 0 nitrogen and oxygen atoms in total. The lowest BCUT2D eigenvalue weighted by atomic mass is 9.84. The second kappa shape index (κ2) is 5.54. The third-order valence-corrected chi connectivity index (χ3v) is 3.82. The lowest BCUT2D eigenvalue weighted by Crippen LogP contribution is -2.06. The van der Waals surface area contributed by atoms with E-state index in [0.717, 1.165) is 10.9 Å². The topological polar surface area (TPSA) is 0 Å². The van der Waals surface area contributed by atoms with E-state index >= 15 is 0 Å². The molecule has 1 aromatic carbocycles. The Kier molecular flexibility index (Phi) is 4.06. The van der Waals surface area contributed by atoms with Crippen molar-refractivity contribution >= 4 is 17.7 Å². The summed E-state index contributed by atoms with van der Waals surface area (Å²) < 4.78 is 0. The second-order valence-electron chi connectivity index (χ2n) is 4.71. The fourth-order valence-corrected chi connectivity index (χ4v) is 2.52. The SMILES string of the molecule is CCC1CCC(=Cc2ccc(Cl)cc2)CC1. The minimum atomic E-state index is 0.817. The normalized spacial score (nSPS) is 20.9. The summed E-state index contributed by atoms with van der Waals surface area (Å²) in [4.78, 5) is 0. The molecule has 0 radical (unpaired) electrons. The van der Waals surface area contributed by atoms with Gasteiger partial charge in [0, 0.05) is 5.02 Å². The Morgan fingerprint density at radius 3 is 2.38 bits per heavy atom.